The van der Waals surface area contributed by atoms with Crippen molar-refractivity contribution in [3.8, 4) is 0 Å². The highest BCUT2D eigenvalue weighted by Crippen LogP contribution is 2.45. The van der Waals surface area contributed by atoms with Crippen molar-refractivity contribution in [3.05, 3.63) is 145 Å². The topological polar surface area (TPSA) is 59.0 Å². The largest absolute Gasteiger partial charge is 0.408 e. The zero-order valence-corrected chi connectivity index (χ0v) is 33.6. The first kappa shape index (κ1) is 34.4. The molecule has 0 fully saturated rings. The molecule has 0 aliphatic rings. The molecular weight excluding hydrogens is 739 g/mol. The van der Waals surface area contributed by atoms with Crippen LogP contribution in [-0.2, 0) is 11.5 Å². The monoisotopic (exact) mass is 776 g/mol. The maximum Gasteiger partial charge on any atom is 0.309 e. The van der Waals surface area contributed by atoms with Gasteiger partial charge in [0.25, 0.3) is 0 Å². The molecule has 6 nitrogen and oxygen atoms in total. The Kier molecular flexibility index (Phi) is 8.66. The van der Waals surface area contributed by atoms with Gasteiger partial charge >= 0.3 is 16.3 Å². The maximum absolute atomic E-state index is 6.99. The van der Waals surface area contributed by atoms with Gasteiger partial charge < -0.3 is 16.8 Å². The maximum atomic E-state index is 6.99. The van der Waals surface area contributed by atoms with E-state index in [-0.39, 0.29) is 0 Å². The smallest absolute Gasteiger partial charge is 0.309 e. The number of rotatable bonds is 6. The molecule has 0 bridgehead atoms. The number of benzene rings is 8. The first-order valence-corrected chi connectivity index (χ1v) is 21.7. The van der Waals surface area contributed by atoms with Crippen LogP contribution in [0.15, 0.2) is 150 Å². The third-order valence-electron chi connectivity index (χ3n) is 10.3. The van der Waals surface area contributed by atoms with Crippen molar-refractivity contribution in [2.45, 2.75) is 11.5 Å². The molecule has 55 heavy (non-hydrogen) atoms. The normalized spacial score (nSPS) is 12.8. The van der Waals surface area contributed by atoms with E-state index in [9.17, 15) is 0 Å². The quantitative estimate of drug-likeness (QED) is 0.167. The van der Waals surface area contributed by atoms with Crippen LogP contribution in [0.1, 0.15) is 11.1 Å². The molecule has 0 saturated heterocycles. The van der Waals surface area contributed by atoms with Crippen LogP contribution >= 0.6 is 28.1 Å². The van der Waals surface area contributed by atoms with Crippen molar-refractivity contribution in [1.29, 1.82) is 0 Å². The molecule has 0 amide bonds. The van der Waals surface area contributed by atoms with Crippen molar-refractivity contribution in [1.82, 2.24) is 0 Å². The lowest BCUT2D eigenvalue weighted by atomic mass is 9.97. The minimum absolute atomic E-state index is 0.726. The Morgan fingerprint density at radius 3 is 1.18 bits per heavy atom. The predicted molar refractivity (Wildman–Crippen MR) is 238 cm³/mol. The number of hydrogen-bond donors (Lipinski definition) is 0. The van der Waals surface area contributed by atoms with Gasteiger partial charge in [-0.05, 0) is 67.4 Å². The number of fused-ring (bicyclic) bond motifs is 14. The Balaban J connectivity index is 1.20. The van der Waals surface area contributed by atoms with Crippen molar-refractivity contribution < 1.29 is 16.8 Å². The molecule has 0 N–H and O–H groups in total. The zero-order valence-electron chi connectivity index (χ0n) is 30.9. The SMILES string of the molecule is CN(C)p1oc2ccc3ccccc3c2c2c(o1)c(CSCc1cc3ccccc3c3c1op(N(C)C)oc1ccc4ccccc4c13)cc1ccccc12. The summed E-state index contributed by atoms with van der Waals surface area (Å²) in [7, 11) is 5.26. The summed E-state index contributed by atoms with van der Waals surface area (Å²) in [6.07, 6.45) is 0. The van der Waals surface area contributed by atoms with Crippen molar-refractivity contribution >= 4 is 115 Å². The van der Waals surface area contributed by atoms with E-state index in [2.05, 4.69) is 133 Å². The second-order valence-corrected chi connectivity index (χ2v) is 18.5. The molecule has 10 rings (SSSR count). The van der Waals surface area contributed by atoms with Crippen LogP contribution in [0.25, 0.3) is 87.0 Å². The van der Waals surface area contributed by atoms with E-state index < -0.39 is 16.3 Å². The molecule has 2 unspecified atom stereocenters. The molecule has 2 atom stereocenters. The van der Waals surface area contributed by atoms with Gasteiger partial charge in [0.1, 0.15) is 22.3 Å². The van der Waals surface area contributed by atoms with Crippen LogP contribution in [0.4, 0.5) is 0 Å². The molecule has 0 aliphatic carbocycles. The first-order chi connectivity index (χ1) is 26.9. The van der Waals surface area contributed by atoms with Gasteiger partial charge in [0.05, 0.1) is 0 Å². The third kappa shape index (κ3) is 5.90. The summed E-state index contributed by atoms with van der Waals surface area (Å²) in [5.74, 6) is 1.45. The number of thioether (sulfide) groups is 1. The Bertz CT molecular complexity index is 3010. The summed E-state index contributed by atoms with van der Waals surface area (Å²) in [6, 6.07) is 47.5. The molecule has 0 saturated carbocycles. The van der Waals surface area contributed by atoms with E-state index in [4.69, 9.17) is 16.8 Å². The van der Waals surface area contributed by atoms with E-state index >= 15 is 0 Å². The average molecular weight is 777 g/mol. The lowest BCUT2D eigenvalue weighted by Gasteiger charge is -2.12. The fourth-order valence-electron chi connectivity index (χ4n) is 7.82. The lowest BCUT2D eigenvalue weighted by Crippen LogP contribution is -2.02. The van der Waals surface area contributed by atoms with Crippen molar-refractivity contribution in [3.63, 3.8) is 0 Å². The van der Waals surface area contributed by atoms with Crippen molar-refractivity contribution in [2.75, 3.05) is 37.5 Å². The summed E-state index contributed by atoms with van der Waals surface area (Å²) in [5.41, 5.74) is 5.74. The van der Waals surface area contributed by atoms with E-state index in [1.54, 1.807) is 0 Å². The fraction of sp³-hybridized carbons (Fsp3) is 0.130. The Morgan fingerprint density at radius 1 is 0.418 bits per heavy atom. The highest BCUT2D eigenvalue weighted by molar-refractivity contribution is 7.97. The van der Waals surface area contributed by atoms with Gasteiger partial charge in [0, 0.05) is 72.4 Å². The Hall–Kier alpha value is -5.13. The zero-order chi connectivity index (χ0) is 37.2. The molecule has 10 aromatic rings. The number of nitrogens with zero attached hydrogens (tertiary/aromatic N) is 2. The minimum Gasteiger partial charge on any atom is -0.408 e. The van der Waals surface area contributed by atoms with Gasteiger partial charge in [-0.2, -0.15) is 11.8 Å². The first-order valence-electron chi connectivity index (χ1n) is 18.3. The average Bonchev–Trinajstić information content (AvgIpc) is 3.51. The van der Waals surface area contributed by atoms with Gasteiger partial charge in [-0.15, -0.1) is 0 Å². The van der Waals surface area contributed by atoms with Gasteiger partial charge in [-0.25, -0.2) is 9.34 Å². The van der Waals surface area contributed by atoms with E-state index in [1.165, 1.54) is 21.5 Å². The lowest BCUT2D eigenvalue weighted by molar-refractivity contribution is 0.632. The standard InChI is InChI=1S/C46H38N2O4P2S/c1-47(2)53-49-39-23-21-29-13-5-9-17-35(29)41(39)43-37-19-11-7-15-31(37)25-33(45(43)51-53)27-55-28-34-26-32-16-8-12-20-38(32)44-42-36-18-10-6-14-30(36)22-24-40(42)50-54(48(3)4)52-46(34)44/h5-26H,27-28H2,1-4H3. The summed E-state index contributed by atoms with van der Waals surface area (Å²) in [4.78, 5) is 0. The van der Waals surface area contributed by atoms with Gasteiger partial charge in [-0.1, -0.05) is 109 Å². The molecule has 272 valence electrons. The molecule has 0 spiro atoms. The molecule has 0 aliphatic heterocycles. The van der Waals surface area contributed by atoms with Crippen LogP contribution in [0, 0.1) is 0 Å². The summed E-state index contributed by atoms with van der Waals surface area (Å²) < 4.78 is 31.5. The van der Waals surface area contributed by atoms with Crippen LogP contribution in [0.3, 0.4) is 0 Å². The molecule has 9 heteroatoms. The van der Waals surface area contributed by atoms with Crippen LogP contribution in [0.2, 0.25) is 0 Å². The van der Waals surface area contributed by atoms with E-state index in [1.807, 2.05) is 49.3 Å². The number of hydrogen-bond acceptors (Lipinski definition) is 7. The van der Waals surface area contributed by atoms with Gasteiger partial charge in [0.15, 0.2) is 0 Å². The molecule has 0 radical (unpaired) electrons. The van der Waals surface area contributed by atoms with Crippen LogP contribution in [-0.4, -0.2) is 28.2 Å². The minimum atomic E-state index is -1.41. The van der Waals surface area contributed by atoms with Crippen LogP contribution in [0.5, 0.6) is 0 Å². The summed E-state index contributed by atoms with van der Waals surface area (Å²) >= 11 is 1.87. The third-order valence-corrected chi connectivity index (χ3v) is 14.0. The summed E-state index contributed by atoms with van der Waals surface area (Å²) in [6.45, 7) is 0. The highest BCUT2D eigenvalue weighted by atomic mass is 32.2. The van der Waals surface area contributed by atoms with Gasteiger partial charge in [-0.3, -0.25) is 0 Å². The Labute approximate surface area is 324 Å². The molecule has 8 aromatic carbocycles. The predicted octanol–water partition coefficient (Wildman–Crippen LogP) is 14.3. The summed E-state index contributed by atoms with van der Waals surface area (Å²) in [5, 5.41) is 13.6. The van der Waals surface area contributed by atoms with Crippen LogP contribution < -0.4 is 9.34 Å². The van der Waals surface area contributed by atoms with E-state index in [0.717, 1.165) is 88.1 Å². The highest BCUT2D eigenvalue weighted by Gasteiger charge is 2.20. The second-order valence-electron chi connectivity index (χ2n) is 14.3. The van der Waals surface area contributed by atoms with Gasteiger partial charge in [0.2, 0.25) is 0 Å². The fourth-order valence-corrected chi connectivity index (χ4v) is 10.9. The molecular formula is C46H38N2O4P2S. The second kappa shape index (κ2) is 13.9. The molecule has 2 aromatic heterocycles. The Morgan fingerprint density at radius 2 is 0.782 bits per heavy atom. The van der Waals surface area contributed by atoms with Crippen molar-refractivity contribution in [2.24, 2.45) is 0 Å². The van der Waals surface area contributed by atoms with E-state index in [0.29, 0.717) is 0 Å². The molecule has 2 heterocycles.